The van der Waals surface area contributed by atoms with Crippen LogP contribution < -0.4 is 11.5 Å². The second-order valence-corrected chi connectivity index (χ2v) is 4.62. The number of nitrogens with zero attached hydrogens (tertiary/aromatic N) is 4. The van der Waals surface area contributed by atoms with Crippen molar-refractivity contribution in [2.24, 2.45) is 5.73 Å². The lowest BCUT2D eigenvalue weighted by molar-refractivity contribution is 0.571. The first kappa shape index (κ1) is 14.4. The third kappa shape index (κ3) is 2.53. The summed E-state index contributed by atoms with van der Waals surface area (Å²) in [5.41, 5.74) is 13.6. The van der Waals surface area contributed by atoms with Crippen molar-refractivity contribution >= 4 is 11.3 Å². The molecule has 0 fully saturated rings. The molecule has 0 aliphatic heterocycles. The Morgan fingerprint density at radius 3 is 3.00 bits per heavy atom. The van der Waals surface area contributed by atoms with E-state index in [4.69, 9.17) is 15.9 Å². The van der Waals surface area contributed by atoms with Gasteiger partial charge in [0.2, 0.25) is 0 Å². The Bertz CT molecular complexity index is 927. The van der Waals surface area contributed by atoms with Crippen molar-refractivity contribution in [2.75, 3.05) is 5.73 Å². The van der Waals surface area contributed by atoms with Crippen molar-refractivity contribution in [3.8, 4) is 23.2 Å². The molecule has 0 amide bonds. The topological polar surface area (TPSA) is 108 Å². The molecule has 0 radical (unpaired) electrons. The van der Waals surface area contributed by atoms with Gasteiger partial charge >= 0.3 is 0 Å². The van der Waals surface area contributed by atoms with Crippen molar-refractivity contribution in [2.45, 2.75) is 5.92 Å². The lowest BCUT2D eigenvalue weighted by atomic mass is 9.95. The van der Waals surface area contributed by atoms with Crippen LogP contribution >= 0.6 is 0 Å². The molecule has 0 spiro atoms. The second kappa shape index (κ2) is 6.07. The van der Waals surface area contributed by atoms with E-state index < -0.39 is 0 Å². The molecular formula is C16H14N6O. The number of nitrogens with two attached hydrogens (primary N) is 2. The van der Waals surface area contributed by atoms with E-state index in [9.17, 15) is 0 Å². The van der Waals surface area contributed by atoms with E-state index in [-0.39, 0.29) is 5.92 Å². The SMILES string of the molecule is C=CC(C#C/C=C/N)c1c(-c2cnco2)cn2ncnc(N)c12. The van der Waals surface area contributed by atoms with Crippen LogP contribution in [0, 0.1) is 11.8 Å². The van der Waals surface area contributed by atoms with Crippen LogP contribution in [0.15, 0.2) is 54.5 Å². The number of fused-ring (bicyclic) bond motifs is 1. The number of nitrogen functional groups attached to an aromatic ring is 1. The number of rotatable bonds is 3. The predicted octanol–water partition coefficient (Wildman–Crippen LogP) is 1.71. The summed E-state index contributed by atoms with van der Waals surface area (Å²) in [6, 6.07) is 0. The van der Waals surface area contributed by atoms with Gasteiger partial charge in [0, 0.05) is 29.6 Å². The molecule has 1 atom stereocenters. The molecule has 1 unspecified atom stereocenters. The summed E-state index contributed by atoms with van der Waals surface area (Å²) < 4.78 is 7.07. The minimum Gasteiger partial charge on any atom is -0.443 e. The molecule has 0 bridgehead atoms. The van der Waals surface area contributed by atoms with Crippen LogP contribution in [0.5, 0.6) is 0 Å². The van der Waals surface area contributed by atoms with Crippen LogP contribution in [0.1, 0.15) is 11.5 Å². The minimum atomic E-state index is -0.301. The molecule has 4 N–H and O–H groups in total. The van der Waals surface area contributed by atoms with E-state index in [1.54, 1.807) is 29.1 Å². The molecule has 3 heterocycles. The summed E-state index contributed by atoms with van der Waals surface area (Å²) in [6.07, 6.45) is 10.8. The van der Waals surface area contributed by atoms with E-state index in [0.717, 1.165) is 11.1 Å². The van der Waals surface area contributed by atoms with Gasteiger partial charge in [-0.3, -0.25) is 0 Å². The maximum atomic E-state index is 6.04. The number of hydrogen-bond acceptors (Lipinski definition) is 6. The third-order valence-corrected chi connectivity index (χ3v) is 3.30. The largest absolute Gasteiger partial charge is 0.443 e. The predicted molar refractivity (Wildman–Crippen MR) is 86.9 cm³/mol. The molecule has 3 rings (SSSR count). The minimum absolute atomic E-state index is 0.301. The smallest absolute Gasteiger partial charge is 0.181 e. The van der Waals surface area contributed by atoms with Crippen LogP contribution in [0.4, 0.5) is 5.82 Å². The average molecular weight is 306 g/mol. The molecule has 0 aromatic carbocycles. The zero-order valence-corrected chi connectivity index (χ0v) is 12.2. The third-order valence-electron chi connectivity index (χ3n) is 3.30. The van der Waals surface area contributed by atoms with Crippen molar-refractivity contribution in [3.05, 3.63) is 55.6 Å². The summed E-state index contributed by atoms with van der Waals surface area (Å²) in [4.78, 5) is 8.02. The lowest BCUT2D eigenvalue weighted by Crippen LogP contribution is -2.01. The van der Waals surface area contributed by atoms with Crippen LogP contribution in [-0.2, 0) is 0 Å². The van der Waals surface area contributed by atoms with E-state index in [1.807, 2.05) is 0 Å². The fourth-order valence-corrected chi connectivity index (χ4v) is 2.35. The summed E-state index contributed by atoms with van der Waals surface area (Å²) in [6.45, 7) is 3.86. The molecule has 114 valence electrons. The van der Waals surface area contributed by atoms with Crippen LogP contribution in [0.25, 0.3) is 16.8 Å². The molecule has 0 saturated heterocycles. The van der Waals surface area contributed by atoms with Crippen LogP contribution in [0.3, 0.4) is 0 Å². The number of oxazole rings is 1. The first-order valence-electron chi connectivity index (χ1n) is 6.77. The maximum absolute atomic E-state index is 6.04. The van der Waals surface area contributed by atoms with Crippen LogP contribution in [-0.4, -0.2) is 19.6 Å². The highest BCUT2D eigenvalue weighted by Gasteiger charge is 2.22. The number of anilines is 1. The molecule has 3 aromatic rings. The Hall–Kier alpha value is -3.53. The van der Waals surface area contributed by atoms with Crippen LogP contribution in [0.2, 0.25) is 0 Å². The quantitative estimate of drug-likeness (QED) is 0.563. The van der Waals surface area contributed by atoms with Crippen molar-refractivity contribution in [3.63, 3.8) is 0 Å². The molecule has 0 aliphatic carbocycles. The van der Waals surface area contributed by atoms with E-state index in [1.165, 1.54) is 18.9 Å². The zero-order chi connectivity index (χ0) is 16.2. The molecule has 0 aliphatic rings. The Morgan fingerprint density at radius 1 is 1.43 bits per heavy atom. The standard InChI is InChI=1S/C16H14N6O/c1-2-11(5-3-4-6-17)14-12(13-7-19-10-23-13)8-22-15(14)16(18)20-9-21-22/h2,4,6-11H,1,17H2,(H2,18,20,21)/b6-4+. The first-order chi connectivity index (χ1) is 11.3. The van der Waals surface area contributed by atoms with Gasteiger partial charge in [0.05, 0.1) is 12.1 Å². The molecule has 7 nitrogen and oxygen atoms in total. The Labute approximate surface area is 132 Å². The monoisotopic (exact) mass is 306 g/mol. The van der Waals surface area contributed by atoms with Gasteiger partial charge in [-0.05, 0) is 0 Å². The van der Waals surface area contributed by atoms with E-state index in [0.29, 0.717) is 17.1 Å². The van der Waals surface area contributed by atoms with Gasteiger partial charge in [0.1, 0.15) is 11.8 Å². The zero-order valence-electron chi connectivity index (χ0n) is 12.2. The van der Waals surface area contributed by atoms with Gasteiger partial charge in [0.15, 0.2) is 18.0 Å². The summed E-state index contributed by atoms with van der Waals surface area (Å²) in [5.74, 6) is 6.58. The lowest BCUT2D eigenvalue weighted by Gasteiger charge is -2.08. The Morgan fingerprint density at radius 2 is 2.30 bits per heavy atom. The fraction of sp³-hybridized carbons (Fsp3) is 0.0625. The molecular weight excluding hydrogens is 292 g/mol. The highest BCUT2D eigenvalue weighted by atomic mass is 16.3. The number of allylic oxidation sites excluding steroid dienone is 2. The van der Waals surface area contributed by atoms with Crippen molar-refractivity contribution in [1.29, 1.82) is 0 Å². The molecule has 0 saturated carbocycles. The van der Waals surface area contributed by atoms with Gasteiger partial charge < -0.3 is 15.9 Å². The van der Waals surface area contributed by atoms with Gasteiger partial charge in [-0.15, -0.1) is 6.58 Å². The normalized spacial score (nSPS) is 12.2. The highest BCUT2D eigenvalue weighted by molar-refractivity contribution is 5.82. The molecule has 7 heteroatoms. The summed E-state index contributed by atoms with van der Waals surface area (Å²) in [7, 11) is 0. The first-order valence-corrected chi connectivity index (χ1v) is 6.77. The molecule has 3 aromatic heterocycles. The fourth-order valence-electron chi connectivity index (χ4n) is 2.35. The van der Waals surface area contributed by atoms with E-state index in [2.05, 4.69) is 33.5 Å². The highest BCUT2D eigenvalue weighted by Crippen LogP contribution is 2.36. The van der Waals surface area contributed by atoms with Gasteiger partial charge in [-0.1, -0.05) is 17.9 Å². The summed E-state index contributed by atoms with van der Waals surface area (Å²) >= 11 is 0. The molecule has 23 heavy (non-hydrogen) atoms. The average Bonchev–Trinajstić information content (AvgIpc) is 3.19. The maximum Gasteiger partial charge on any atom is 0.181 e. The van der Waals surface area contributed by atoms with Gasteiger partial charge in [-0.2, -0.15) is 5.10 Å². The second-order valence-electron chi connectivity index (χ2n) is 4.62. The van der Waals surface area contributed by atoms with Crippen molar-refractivity contribution in [1.82, 2.24) is 19.6 Å². The van der Waals surface area contributed by atoms with Gasteiger partial charge in [0.25, 0.3) is 0 Å². The number of aromatic nitrogens is 4. The van der Waals surface area contributed by atoms with Gasteiger partial charge in [-0.25, -0.2) is 14.5 Å². The number of hydrogen-bond donors (Lipinski definition) is 2. The summed E-state index contributed by atoms with van der Waals surface area (Å²) in [5, 5.41) is 4.19. The van der Waals surface area contributed by atoms with Crippen molar-refractivity contribution < 1.29 is 4.42 Å². The Balaban J connectivity index is 2.30. The Kier molecular flexibility index (Phi) is 3.80. The van der Waals surface area contributed by atoms with E-state index >= 15 is 0 Å².